The summed E-state index contributed by atoms with van der Waals surface area (Å²) in [6.07, 6.45) is 0. The lowest BCUT2D eigenvalue weighted by Gasteiger charge is -2.24. The van der Waals surface area contributed by atoms with Gasteiger partial charge in [0.25, 0.3) is 10.0 Å². The van der Waals surface area contributed by atoms with Gasteiger partial charge in [-0.15, -0.1) is 0 Å². The Labute approximate surface area is 221 Å². The topological polar surface area (TPSA) is 116 Å². The lowest BCUT2D eigenvalue weighted by Crippen LogP contribution is -2.25. The minimum absolute atomic E-state index is 0.0107. The first-order valence-corrected chi connectivity index (χ1v) is 13.5. The number of anilines is 2. The summed E-state index contributed by atoms with van der Waals surface area (Å²) in [5.74, 6) is -0.507. The number of para-hydroxylation sites is 1. The van der Waals surface area contributed by atoms with Gasteiger partial charge in [0.05, 0.1) is 27.4 Å². The largest absolute Gasteiger partial charge is 0.455 e. The molecular formula is C30H26N2O5S. The maximum Gasteiger partial charge on any atom is 0.261 e. The number of sulfonamides is 1. The lowest BCUT2D eigenvalue weighted by molar-refractivity contribution is 0.0980. The first kappa shape index (κ1) is 25.2. The summed E-state index contributed by atoms with van der Waals surface area (Å²) in [5.41, 5.74) is 7.23. The summed E-state index contributed by atoms with van der Waals surface area (Å²) < 4.78 is 35.4. The summed E-state index contributed by atoms with van der Waals surface area (Å²) in [4.78, 5) is 27.1. The predicted molar refractivity (Wildman–Crippen MR) is 147 cm³/mol. The van der Waals surface area contributed by atoms with E-state index in [-0.39, 0.29) is 49.7 Å². The van der Waals surface area contributed by atoms with Gasteiger partial charge in [-0.25, -0.2) is 8.42 Å². The molecule has 3 N–H and O–H groups in total. The van der Waals surface area contributed by atoms with Crippen molar-refractivity contribution in [2.75, 3.05) is 10.5 Å². The smallest absolute Gasteiger partial charge is 0.261 e. The molecule has 0 unspecified atom stereocenters. The van der Waals surface area contributed by atoms with Gasteiger partial charge in [-0.1, -0.05) is 75.4 Å². The Kier molecular flexibility index (Phi) is 6.07. The average Bonchev–Trinajstić information content (AvgIpc) is 2.89. The van der Waals surface area contributed by atoms with Gasteiger partial charge in [-0.2, -0.15) is 0 Å². The Hall–Kier alpha value is -4.43. The quantitative estimate of drug-likeness (QED) is 0.274. The Morgan fingerprint density at radius 3 is 1.89 bits per heavy atom. The van der Waals surface area contributed by atoms with Crippen molar-refractivity contribution in [1.29, 1.82) is 0 Å². The van der Waals surface area contributed by atoms with Crippen molar-refractivity contribution in [2.45, 2.75) is 31.1 Å². The van der Waals surface area contributed by atoms with Gasteiger partial charge in [-0.05, 0) is 35.2 Å². The minimum Gasteiger partial charge on any atom is -0.455 e. The van der Waals surface area contributed by atoms with Crippen LogP contribution < -0.4 is 15.2 Å². The number of ketones is 2. The number of nitrogen functional groups attached to an aromatic ring is 1. The number of fused-ring (bicyclic) bond motifs is 2. The molecule has 0 bridgehead atoms. The van der Waals surface area contributed by atoms with Gasteiger partial charge in [0, 0.05) is 17.2 Å². The second kappa shape index (κ2) is 9.15. The van der Waals surface area contributed by atoms with E-state index < -0.39 is 21.6 Å². The number of nitrogens with one attached hydrogen (secondary N) is 1. The number of ether oxygens (including phenoxy) is 1. The summed E-state index contributed by atoms with van der Waals surface area (Å²) in [6.45, 7) is 6.10. The third kappa shape index (κ3) is 4.43. The number of nitrogens with two attached hydrogens (primary N) is 1. The fourth-order valence-electron chi connectivity index (χ4n) is 4.41. The van der Waals surface area contributed by atoms with Crippen LogP contribution in [0.4, 0.5) is 11.4 Å². The first-order chi connectivity index (χ1) is 18.0. The zero-order chi connectivity index (χ0) is 27.2. The summed E-state index contributed by atoms with van der Waals surface area (Å²) >= 11 is 0. The Morgan fingerprint density at radius 1 is 0.763 bits per heavy atom. The van der Waals surface area contributed by atoms with Crippen LogP contribution in [0.5, 0.6) is 11.5 Å². The van der Waals surface area contributed by atoms with Crippen molar-refractivity contribution in [3.63, 3.8) is 0 Å². The molecule has 0 aromatic heterocycles. The van der Waals surface area contributed by atoms with E-state index in [0.717, 1.165) is 5.56 Å². The van der Waals surface area contributed by atoms with Crippen LogP contribution in [0, 0.1) is 0 Å². The van der Waals surface area contributed by atoms with Gasteiger partial charge in [0.2, 0.25) is 0 Å². The van der Waals surface area contributed by atoms with Crippen molar-refractivity contribution < 1.29 is 22.7 Å². The molecule has 0 saturated heterocycles. The molecule has 0 aliphatic heterocycles. The van der Waals surface area contributed by atoms with Crippen LogP contribution in [0.15, 0.2) is 89.8 Å². The van der Waals surface area contributed by atoms with Crippen molar-refractivity contribution in [3.05, 3.63) is 113 Å². The van der Waals surface area contributed by atoms with E-state index in [4.69, 9.17) is 10.5 Å². The van der Waals surface area contributed by atoms with Crippen molar-refractivity contribution in [2.24, 2.45) is 0 Å². The first-order valence-electron chi connectivity index (χ1n) is 12.0. The molecule has 0 atom stereocenters. The highest BCUT2D eigenvalue weighted by Gasteiger charge is 2.36. The molecule has 8 heteroatoms. The zero-order valence-electron chi connectivity index (χ0n) is 21.1. The van der Waals surface area contributed by atoms with Crippen LogP contribution in [-0.2, 0) is 15.4 Å². The zero-order valence-corrected chi connectivity index (χ0v) is 21.9. The molecular weight excluding hydrogens is 500 g/mol. The van der Waals surface area contributed by atoms with Gasteiger partial charge in [0.1, 0.15) is 5.75 Å². The molecule has 1 aliphatic carbocycles. The maximum absolute atomic E-state index is 13.6. The third-order valence-electron chi connectivity index (χ3n) is 6.45. The second-order valence-corrected chi connectivity index (χ2v) is 11.8. The second-order valence-electron chi connectivity index (χ2n) is 10.1. The van der Waals surface area contributed by atoms with Crippen LogP contribution >= 0.6 is 0 Å². The monoisotopic (exact) mass is 526 g/mol. The molecule has 0 heterocycles. The Balaban J connectivity index is 1.66. The number of carbonyl (C=O) groups excluding carboxylic acids is 2. The van der Waals surface area contributed by atoms with E-state index in [1.54, 1.807) is 54.6 Å². The molecule has 192 valence electrons. The lowest BCUT2D eigenvalue weighted by atomic mass is 9.82. The molecule has 0 amide bonds. The highest BCUT2D eigenvalue weighted by atomic mass is 32.2. The van der Waals surface area contributed by atoms with Gasteiger partial charge in [0.15, 0.2) is 17.3 Å². The van der Waals surface area contributed by atoms with Crippen LogP contribution in [-0.4, -0.2) is 20.0 Å². The third-order valence-corrected chi connectivity index (χ3v) is 7.83. The standard InChI is InChI=1S/C30H26N2O5S/c1-30(2,3)18-13-15-20(16-14-18)38(35,36)32-23-17-24(37-19-9-5-4-6-10-19)27(31)26-25(23)28(33)21-11-7-8-12-22(21)29(26)34/h4-17,32H,31H2,1-3H3. The van der Waals surface area contributed by atoms with Crippen molar-refractivity contribution >= 4 is 33.0 Å². The summed E-state index contributed by atoms with van der Waals surface area (Å²) in [6, 6.07) is 23.0. The molecule has 0 spiro atoms. The van der Waals surface area contributed by atoms with Crippen LogP contribution in [0.25, 0.3) is 0 Å². The number of benzene rings is 4. The number of rotatable bonds is 5. The molecule has 5 rings (SSSR count). The van der Waals surface area contributed by atoms with Crippen molar-refractivity contribution in [1.82, 2.24) is 0 Å². The molecule has 0 saturated carbocycles. The van der Waals surface area contributed by atoms with E-state index in [0.29, 0.717) is 5.75 Å². The Morgan fingerprint density at radius 2 is 1.32 bits per heavy atom. The molecule has 0 fully saturated rings. The fraction of sp³-hybridized carbons (Fsp3) is 0.133. The van der Waals surface area contributed by atoms with Gasteiger partial charge in [-0.3, -0.25) is 14.3 Å². The van der Waals surface area contributed by atoms with Crippen LogP contribution in [0.2, 0.25) is 0 Å². The van der Waals surface area contributed by atoms with E-state index >= 15 is 0 Å². The molecule has 0 radical (unpaired) electrons. The molecule has 4 aromatic carbocycles. The molecule has 1 aliphatic rings. The highest BCUT2D eigenvalue weighted by Crippen LogP contribution is 2.42. The molecule has 38 heavy (non-hydrogen) atoms. The molecule has 4 aromatic rings. The van der Waals surface area contributed by atoms with E-state index in [2.05, 4.69) is 4.72 Å². The van der Waals surface area contributed by atoms with Crippen LogP contribution in [0.3, 0.4) is 0 Å². The highest BCUT2D eigenvalue weighted by molar-refractivity contribution is 7.92. The number of carbonyl (C=O) groups is 2. The normalized spacial score (nSPS) is 13.0. The number of hydrogen-bond acceptors (Lipinski definition) is 6. The SMILES string of the molecule is CC(C)(C)c1ccc(S(=O)(=O)Nc2cc(Oc3ccccc3)c(N)c3c2C(=O)c2ccccc2C3=O)cc1. The predicted octanol–water partition coefficient (Wildman–Crippen LogP) is 5.93. The maximum atomic E-state index is 13.6. The summed E-state index contributed by atoms with van der Waals surface area (Å²) in [5, 5.41) is 0. The molecule has 7 nitrogen and oxygen atoms in total. The van der Waals surface area contributed by atoms with Crippen molar-refractivity contribution in [3.8, 4) is 11.5 Å². The Bertz CT molecular complexity index is 1690. The minimum atomic E-state index is -4.14. The summed E-state index contributed by atoms with van der Waals surface area (Å²) in [7, 11) is -4.14. The van der Waals surface area contributed by atoms with E-state index in [1.807, 2.05) is 26.8 Å². The van der Waals surface area contributed by atoms with Gasteiger partial charge < -0.3 is 10.5 Å². The fourth-order valence-corrected chi connectivity index (χ4v) is 5.47. The average molecular weight is 527 g/mol. The van der Waals surface area contributed by atoms with E-state index in [1.165, 1.54) is 24.3 Å². The van der Waals surface area contributed by atoms with E-state index in [9.17, 15) is 18.0 Å². The number of hydrogen-bond donors (Lipinski definition) is 2. The van der Waals surface area contributed by atoms with Gasteiger partial charge >= 0.3 is 0 Å². The van der Waals surface area contributed by atoms with Crippen LogP contribution in [0.1, 0.15) is 58.2 Å².